The van der Waals surface area contributed by atoms with Crippen LogP contribution in [0.4, 0.5) is 0 Å². The van der Waals surface area contributed by atoms with Gasteiger partial charge in [0.1, 0.15) is 17.4 Å². The van der Waals surface area contributed by atoms with E-state index in [9.17, 15) is 9.90 Å². The second-order valence-corrected chi connectivity index (χ2v) is 5.49. The topological polar surface area (TPSA) is 85.0 Å². The van der Waals surface area contributed by atoms with Gasteiger partial charge in [0.05, 0.1) is 14.2 Å². The monoisotopic (exact) mass is 348 g/mol. The molecule has 0 saturated carbocycles. The number of ether oxygens (including phenoxy) is 2. The Morgan fingerprint density at radius 2 is 1.88 bits per heavy atom. The van der Waals surface area contributed by atoms with Crippen LogP contribution in [0, 0.1) is 0 Å². The van der Waals surface area contributed by atoms with Gasteiger partial charge >= 0.3 is 0 Å². The van der Waals surface area contributed by atoms with E-state index in [1.807, 2.05) is 13.8 Å². The van der Waals surface area contributed by atoms with E-state index in [2.05, 4.69) is 5.16 Å². The molecule has 1 amide bonds. The highest BCUT2D eigenvalue weighted by Gasteiger charge is 2.29. The third-order valence-corrected chi connectivity index (χ3v) is 4.02. The van der Waals surface area contributed by atoms with Crippen molar-refractivity contribution in [1.29, 1.82) is 0 Å². The molecule has 0 aliphatic rings. The van der Waals surface area contributed by atoms with Gasteiger partial charge in [-0.2, -0.15) is 0 Å². The number of rotatable bonds is 7. The molecule has 0 aliphatic carbocycles. The Balaban J connectivity index is 2.61. The van der Waals surface area contributed by atoms with E-state index in [0.29, 0.717) is 35.8 Å². The molecule has 1 atom stereocenters. The molecule has 136 valence electrons. The van der Waals surface area contributed by atoms with Gasteiger partial charge in [0.25, 0.3) is 5.91 Å². The first kappa shape index (κ1) is 18.8. The molecule has 0 saturated heterocycles. The van der Waals surface area contributed by atoms with Crippen molar-refractivity contribution in [1.82, 2.24) is 10.1 Å². The molecule has 0 unspecified atom stereocenters. The van der Waals surface area contributed by atoms with Crippen LogP contribution in [0.15, 0.2) is 22.7 Å². The molecule has 1 aromatic heterocycles. The molecule has 25 heavy (non-hydrogen) atoms. The van der Waals surface area contributed by atoms with E-state index in [1.165, 1.54) is 14.0 Å². The minimum Gasteiger partial charge on any atom is -0.493 e. The highest BCUT2D eigenvalue weighted by atomic mass is 16.5. The van der Waals surface area contributed by atoms with Gasteiger partial charge in [-0.15, -0.1) is 0 Å². The summed E-state index contributed by atoms with van der Waals surface area (Å²) in [5, 5.41) is 14.0. The van der Waals surface area contributed by atoms with E-state index >= 15 is 0 Å². The lowest BCUT2D eigenvalue weighted by Crippen LogP contribution is -2.31. The zero-order valence-corrected chi connectivity index (χ0v) is 15.2. The molecule has 2 aromatic rings. The van der Waals surface area contributed by atoms with E-state index < -0.39 is 6.10 Å². The quantitative estimate of drug-likeness (QED) is 0.828. The molecule has 0 fully saturated rings. The summed E-state index contributed by atoms with van der Waals surface area (Å²) in [5.41, 5.74) is 1.28. The van der Waals surface area contributed by atoms with Gasteiger partial charge in [-0.25, -0.2) is 0 Å². The highest BCUT2D eigenvalue weighted by molar-refractivity contribution is 6.01. The average molecular weight is 348 g/mol. The van der Waals surface area contributed by atoms with Crippen molar-refractivity contribution < 1.29 is 23.9 Å². The maximum Gasteiger partial charge on any atom is 0.259 e. The van der Waals surface area contributed by atoms with Crippen LogP contribution in [0.25, 0.3) is 11.3 Å². The first-order chi connectivity index (χ1) is 12.0. The summed E-state index contributed by atoms with van der Waals surface area (Å²) < 4.78 is 15.8. The van der Waals surface area contributed by atoms with Crippen molar-refractivity contribution in [3.8, 4) is 22.8 Å². The number of hydrogen-bond donors (Lipinski definition) is 1. The van der Waals surface area contributed by atoms with Crippen LogP contribution in [-0.4, -0.2) is 48.4 Å². The summed E-state index contributed by atoms with van der Waals surface area (Å²) in [5.74, 6) is 1.01. The number of amides is 1. The summed E-state index contributed by atoms with van der Waals surface area (Å²) in [6.07, 6.45) is -0.948. The lowest BCUT2D eigenvalue weighted by Gasteiger charge is -2.19. The maximum absolute atomic E-state index is 12.9. The van der Waals surface area contributed by atoms with Crippen molar-refractivity contribution in [2.45, 2.75) is 26.9 Å². The number of carbonyl (C=O) groups excluding carboxylic acids is 1. The predicted octanol–water partition coefficient (Wildman–Crippen LogP) is 2.89. The first-order valence-corrected chi connectivity index (χ1v) is 8.17. The smallest absolute Gasteiger partial charge is 0.259 e. The molecule has 1 N–H and O–H groups in total. The van der Waals surface area contributed by atoms with Crippen LogP contribution in [0.5, 0.6) is 11.5 Å². The number of hydrogen-bond acceptors (Lipinski definition) is 6. The Labute approximate surface area is 147 Å². The summed E-state index contributed by atoms with van der Waals surface area (Å²) in [7, 11) is 3.09. The number of carbonyl (C=O) groups is 1. The number of aliphatic hydroxyl groups excluding tert-OH is 1. The Kier molecular flexibility index (Phi) is 6.03. The Morgan fingerprint density at radius 1 is 1.24 bits per heavy atom. The van der Waals surface area contributed by atoms with Crippen LogP contribution in [0.3, 0.4) is 0 Å². The van der Waals surface area contributed by atoms with E-state index in [1.54, 1.807) is 30.2 Å². The van der Waals surface area contributed by atoms with Gasteiger partial charge in [-0.1, -0.05) is 5.16 Å². The molecule has 2 rings (SSSR count). The SMILES string of the molecule is CCN(CC)C(=O)c1c(-c2ccc(OC)c(OC)c2)noc1[C@H](C)O. The first-order valence-electron chi connectivity index (χ1n) is 8.17. The number of methoxy groups -OCH3 is 2. The van der Waals surface area contributed by atoms with E-state index in [-0.39, 0.29) is 17.2 Å². The lowest BCUT2D eigenvalue weighted by atomic mass is 10.0. The second kappa shape index (κ2) is 8.02. The van der Waals surface area contributed by atoms with Gasteiger partial charge in [0.2, 0.25) is 0 Å². The van der Waals surface area contributed by atoms with Crippen molar-refractivity contribution in [3.63, 3.8) is 0 Å². The molecule has 7 heteroatoms. The molecule has 0 spiro atoms. The van der Waals surface area contributed by atoms with Crippen molar-refractivity contribution in [3.05, 3.63) is 29.5 Å². The maximum atomic E-state index is 12.9. The fraction of sp³-hybridized carbons (Fsp3) is 0.444. The third kappa shape index (κ3) is 3.61. The van der Waals surface area contributed by atoms with Gasteiger partial charge in [-0.3, -0.25) is 4.79 Å². The normalized spacial score (nSPS) is 11.9. The van der Waals surface area contributed by atoms with Crippen molar-refractivity contribution in [2.24, 2.45) is 0 Å². The number of nitrogens with zero attached hydrogens (tertiary/aromatic N) is 2. The van der Waals surface area contributed by atoms with Crippen LogP contribution in [-0.2, 0) is 0 Å². The molecule has 1 aromatic carbocycles. The number of aliphatic hydroxyl groups is 1. The molecule has 1 heterocycles. The van der Waals surface area contributed by atoms with Gasteiger partial charge in [-0.05, 0) is 39.0 Å². The molecular weight excluding hydrogens is 324 g/mol. The summed E-state index contributed by atoms with van der Waals surface area (Å²) in [6.45, 7) is 6.42. The molecule has 0 radical (unpaired) electrons. The summed E-state index contributed by atoms with van der Waals surface area (Å²) in [4.78, 5) is 14.6. The third-order valence-electron chi connectivity index (χ3n) is 4.02. The Hall–Kier alpha value is -2.54. The highest BCUT2D eigenvalue weighted by Crippen LogP contribution is 2.35. The fourth-order valence-corrected chi connectivity index (χ4v) is 2.64. The number of benzene rings is 1. The molecular formula is C18H24N2O5. The second-order valence-electron chi connectivity index (χ2n) is 5.49. The van der Waals surface area contributed by atoms with Gasteiger partial charge in [0.15, 0.2) is 17.3 Å². The average Bonchev–Trinajstić information content (AvgIpc) is 3.07. The minimum atomic E-state index is -0.948. The molecule has 0 aliphatic heterocycles. The van der Waals surface area contributed by atoms with Gasteiger partial charge < -0.3 is 24.0 Å². The fourth-order valence-electron chi connectivity index (χ4n) is 2.64. The summed E-state index contributed by atoms with van der Waals surface area (Å²) in [6, 6.07) is 5.22. The van der Waals surface area contributed by atoms with Crippen LogP contribution in [0.1, 0.15) is 43.0 Å². The molecule has 7 nitrogen and oxygen atoms in total. The van der Waals surface area contributed by atoms with Crippen molar-refractivity contribution in [2.75, 3.05) is 27.3 Å². The van der Waals surface area contributed by atoms with Crippen molar-refractivity contribution >= 4 is 5.91 Å². The standard InChI is InChI=1S/C18H24N2O5/c1-6-20(7-2)18(22)15-16(19-25-17(15)11(3)21)12-8-9-13(23-4)14(10-12)24-5/h8-11,21H,6-7H2,1-5H3/t11-/m0/s1. The molecule has 0 bridgehead atoms. The Bertz CT molecular complexity index is 735. The van der Waals surface area contributed by atoms with E-state index in [0.717, 1.165) is 0 Å². The zero-order chi connectivity index (χ0) is 18.6. The zero-order valence-electron chi connectivity index (χ0n) is 15.2. The van der Waals surface area contributed by atoms with Crippen LogP contribution < -0.4 is 9.47 Å². The summed E-state index contributed by atoms with van der Waals surface area (Å²) >= 11 is 0. The Morgan fingerprint density at radius 3 is 2.40 bits per heavy atom. The van der Waals surface area contributed by atoms with Crippen LogP contribution >= 0.6 is 0 Å². The van der Waals surface area contributed by atoms with Crippen LogP contribution in [0.2, 0.25) is 0 Å². The predicted molar refractivity (Wildman–Crippen MR) is 92.9 cm³/mol. The van der Waals surface area contributed by atoms with E-state index in [4.69, 9.17) is 14.0 Å². The largest absolute Gasteiger partial charge is 0.493 e. The van der Waals surface area contributed by atoms with Gasteiger partial charge in [0, 0.05) is 18.7 Å². The number of aromatic nitrogens is 1. The minimum absolute atomic E-state index is 0.154. The lowest BCUT2D eigenvalue weighted by molar-refractivity contribution is 0.0761.